The lowest BCUT2D eigenvalue weighted by Crippen LogP contribution is -2.12. The number of hydrogen-bond acceptors (Lipinski definition) is 3. The lowest BCUT2D eigenvalue weighted by molar-refractivity contribution is 0.102. The number of nitrogens with one attached hydrogen (secondary N) is 3. The molecule has 0 saturated heterocycles. The largest absolute Gasteiger partial charge is 0.321 e. The van der Waals surface area contributed by atoms with Crippen LogP contribution in [-0.4, -0.2) is 26.3 Å². The van der Waals surface area contributed by atoms with Crippen LogP contribution in [0.4, 0.5) is 5.69 Å². The van der Waals surface area contributed by atoms with Crippen LogP contribution in [0.2, 0.25) is 0 Å². The Morgan fingerprint density at radius 3 is 2.78 bits per heavy atom. The lowest BCUT2D eigenvalue weighted by Gasteiger charge is -2.05. The summed E-state index contributed by atoms with van der Waals surface area (Å²) in [6.45, 7) is 0. The van der Waals surface area contributed by atoms with E-state index in [1.54, 1.807) is 6.20 Å². The number of amides is 1. The number of aromatic nitrogens is 4. The minimum Gasteiger partial charge on any atom is -0.321 e. The van der Waals surface area contributed by atoms with Gasteiger partial charge in [0, 0.05) is 22.8 Å². The van der Waals surface area contributed by atoms with Gasteiger partial charge in [0.05, 0.1) is 11.2 Å². The van der Waals surface area contributed by atoms with Crippen molar-refractivity contribution in [1.82, 2.24) is 20.4 Å². The monoisotopic (exact) mass is 303 g/mol. The van der Waals surface area contributed by atoms with Crippen molar-refractivity contribution in [2.45, 2.75) is 0 Å². The molecular weight excluding hydrogens is 290 g/mol. The van der Waals surface area contributed by atoms with Gasteiger partial charge in [-0.3, -0.25) is 15.0 Å². The van der Waals surface area contributed by atoms with Crippen LogP contribution in [0.5, 0.6) is 0 Å². The number of para-hydroxylation sites is 1. The van der Waals surface area contributed by atoms with E-state index in [1.807, 2.05) is 54.6 Å². The fraction of sp³-hybridized carbons (Fsp3) is 0. The van der Waals surface area contributed by atoms with Crippen LogP contribution in [0.1, 0.15) is 10.5 Å². The molecule has 0 bridgehead atoms. The Morgan fingerprint density at radius 1 is 1.00 bits per heavy atom. The molecule has 23 heavy (non-hydrogen) atoms. The van der Waals surface area contributed by atoms with E-state index in [-0.39, 0.29) is 5.91 Å². The highest BCUT2D eigenvalue weighted by atomic mass is 16.1. The Kier molecular flexibility index (Phi) is 3.12. The van der Waals surface area contributed by atoms with Crippen LogP contribution in [0.3, 0.4) is 0 Å². The number of rotatable bonds is 3. The first kappa shape index (κ1) is 13.3. The van der Waals surface area contributed by atoms with E-state index in [0.29, 0.717) is 11.4 Å². The van der Waals surface area contributed by atoms with Crippen molar-refractivity contribution in [3.8, 4) is 11.3 Å². The summed E-state index contributed by atoms with van der Waals surface area (Å²) in [5.74, 6) is -0.246. The predicted molar refractivity (Wildman–Crippen MR) is 88.1 cm³/mol. The number of carbonyl (C=O) groups is 1. The molecule has 4 rings (SSSR count). The molecule has 0 atom stereocenters. The first-order valence-electron chi connectivity index (χ1n) is 7.15. The zero-order valence-corrected chi connectivity index (χ0v) is 12.1. The maximum Gasteiger partial charge on any atom is 0.276 e. The number of nitrogens with zero attached hydrogens (tertiary/aromatic N) is 2. The molecule has 0 spiro atoms. The van der Waals surface area contributed by atoms with Gasteiger partial charge in [0.25, 0.3) is 5.91 Å². The number of anilines is 1. The van der Waals surface area contributed by atoms with Crippen LogP contribution in [0, 0.1) is 0 Å². The van der Waals surface area contributed by atoms with Crippen LogP contribution in [0.15, 0.2) is 60.8 Å². The van der Waals surface area contributed by atoms with Gasteiger partial charge in [-0.15, -0.1) is 0 Å². The second kappa shape index (κ2) is 5.42. The van der Waals surface area contributed by atoms with Gasteiger partial charge in [-0.25, -0.2) is 0 Å². The van der Waals surface area contributed by atoms with Crippen LogP contribution in [-0.2, 0) is 0 Å². The van der Waals surface area contributed by atoms with E-state index >= 15 is 0 Å². The van der Waals surface area contributed by atoms with Gasteiger partial charge >= 0.3 is 0 Å². The van der Waals surface area contributed by atoms with Crippen LogP contribution < -0.4 is 5.32 Å². The fourth-order valence-electron chi connectivity index (χ4n) is 2.51. The van der Waals surface area contributed by atoms with E-state index in [2.05, 4.69) is 25.7 Å². The number of benzene rings is 2. The van der Waals surface area contributed by atoms with E-state index in [4.69, 9.17) is 0 Å². The van der Waals surface area contributed by atoms with Gasteiger partial charge < -0.3 is 5.32 Å². The van der Waals surface area contributed by atoms with Gasteiger partial charge in [-0.05, 0) is 24.3 Å². The van der Waals surface area contributed by atoms with Gasteiger partial charge in [0.1, 0.15) is 0 Å². The summed E-state index contributed by atoms with van der Waals surface area (Å²) in [5.41, 5.74) is 3.77. The molecule has 6 nitrogen and oxygen atoms in total. The quantitative estimate of drug-likeness (QED) is 0.543. The summed E-state index contributed by atoms with van der Waals surface area (Å²) in [4.78, 5) is 12.5. The predicted octanol–water partition coefficient (Wildman–Crippen LogP) is 3.21. The van der Waals surface area contributed by atoms with Crippen molar-refractivity contribution in [2.75, 3.05) is 5.32 Å². The molecule has 4 aromatic rings. The first-order chi connectivity index (χ1) is 11.3. The SMILES string of the molecule is O=C(Nc1cccc(-c2ccn[nH]2)c1)c1n[nH]c2ccccc12. The molecule has 2 heterocycles. The number of fused-ring (bicyclic) bond motifs is 1. The third-order valence-corrected chi connectivity index (χ3v) is 3.62. The molecule has 0 saturated carbocycles. The Morgan fingerprint density at radius 2 is 1.91 bits per heavy atom. The lowest BCUT2D eigenvalue weighted by atomic mass is 10.1. The average molecular weight is 303 g/mol. The number of H-pyrrole nitrogens is 2. The third-order valence-electron chi connectivity index (χ3n) is 3.62. The minimum atomic E-state index is -0.246. The van der Waals surface area contributed by atoms with Crippen molar-refractivity contribution in [2.24, 2.45) is 0 Å². The fourth-order valence-corrected chi connectivity index (χ4v) is 2.51. The number of hydrogen-bond donors (Lipinski definition) is 3. The van der Waals surface area contributed by atoms with Crippen LogP contribution in [0.25, 0.3) is 22.2 Å². The van der Waals surface area contributed by atoms with Gasteiger partial charge in [0.15, 0.2) is 5.69 Å². The highest BCUT2D eigenvalue weighted by molar-refractivity contribution is 6.11. The Balaban J connectivity index is 1.63. The van der Waals surface area contributed by atoms with Crippen molar-refractivity contribution < 1.29 is 4.79 Å². The molecule has 3 N–H and O–H groups in total. The van der Waals surface area contributed by atoms with E-state index in [0.717, 1.165) is 22.2 Å². The van der Waals surface area contributed by atoms with E-state index in [9.17, 15) is 4.79 Å². The summed E-state index contributed by atoms with van der Waals surface area (Å²) < 4.78 is 0. The zero-order chi connectivity index (χ0) is 15.6. The Labute approximate surface area is 131 Å². The standard InChI is InChI=1S/C17H13N5O/c23-17(16-13-6-1-2-7-15(13)21-22-16)19-12-5-3-4-11(10-12)14-8-9-18-20-14/h1-10H,(H,18,20)(H,19,23)(H,21,22). The molecule has 0 unspecified atom stereocenters. The molecule has 1 amide bonds. The zero-order valence-electron chi connectivity index (χ0n) is 12.1. The number of aromatic amines is 2. The summed E-state index contributed by atoms with van der Waals surface area (Å²) in [7, 11) is 0. The average Bonchev–Trinajstić information content (AvgIpc) is 3.25. The van der Waals surface area contributed by atoms with Gasteiger partial charge in [0.2, 0.25) is 0 Å². The molecule has 6 heteroatoms. The number of carbonyl (C=O) groups excluding carboxylic acids is 1. The maximum absolute atomic E-state index is 12.5. The normalized spacial score (nSPS) is 10.8. The van der Waals surface area contributed by atoms with E-state index in [1.165, 1.54) is 0 Å². The topological polar surface area (TPSA) is 86.5 Å². The summed E-state index contributed by atoms with van der Waals surface area (Å²) in [6.07, 6.45) is 1.69. The van der Waals surface area contributed by atoms with Gasteiger partial charge in [-0.1, -0.05) is 30.3 Å². The first-order valence-corrected chi connectivity index (χ1v) is 7.15. The maximum atomic E-state index is 12.5. The Bertz CT molecular complexity index is 972. The molecule has 112 valence electrons. The molecular formula is C17H13N5O. The van der Waals surface area contributed by atoms with Crippen molar-refractivity contribution >= 4 is 22.5 Å². The molecule has 0 fully saturated rings. The molecule has 0 radical (unpaired) electrons. The summed E-state index contributed by atoms with van der Waals surface area (Å²) >= 11 is 0. The minimum absolute atomic E-state index is 0.246. The highest BCUT2D eigenvalue weighted by Gasteiger charge is 2.14. The summed E-state index contributed by atoms with van der Waals surface area (Å²) in [6, 6.07) is 17.0. The molecule has 0 aliphatic heterocycles. The second-order valence-corrected chi connectivity index (χ2v) is 5.12. The third kappa shape index (κ3) is 2.46. The molecule has 2 aromatic heterocycles. The smallest absolute Gasteiger partial charge is 0.276 e. The van der Waals surface area contributed by atoms with E-state index < -0.39 is 0 Å². The summed E-state index contributed by atoms with van der Waals surface area (Å²) in [5, 5.41) is 17.5. The molecule has 2 aromatic carbocycles. The Hall–Kier alpha value is -3.41. The van der Waals surface area contributed by atoms with Gasteiger partial charge in [-0.2, -0.15) is 10.2 Å². The molecule has 0 aliphatic carbocycles. The van der Waals surface area contributed by atoms with Crippen molar-refractivity contribution in [3.05, 3.63) is 66.5 Å². The highest BCUT2D eigenvalue weighted by Crippen LogP contribution is 2.21. The second-order valence-electron chi connectivity index (χ2n) is 5.12. The van der Waals surface area contributed by atoms with Crippen LogP contribution >= 0.6 is 0 Å². The van der Waals surface area contributed by atoms with Crippen molar-refractivity contribution in [3.63, 3.8) is 0 Å². The van der Waals surface area contributed by atoms with Crippen molar-refractivity contribution in [1.29, 1.82) is 0 Å². The molecule has 0 aliphatic rings.